The summed E-state index contributed by atoms with van der Waals surface area (Å²) in [6.07, 6.45) is -1.24. The van der Waals surface area contributed by atoms with Gasteiger partial charge in [0.1, 0.15) is 23.0 Å². The molecule has 1 aliphatic carbocycles. The van der Waals surface area contributed by atoms with E-state index in [1.54, 1.807) is 38.1 Å². The molecule has 0 amide bonds. The van der Waals surface area contributed by atoms with Gasteiger partial charge in [0.2, 0.25) is 0 Å². The number of halogens is 1. The van der Waals surface area contributed by atoms with Crippen LogP contribution in [0.2, 0.25) is 0 Å². The van der Waals surface area contributed by atoms with E-state index in [4.69, 9.17) is 18.5 Å². The summed E-state index contributed by atoms with van der Waals surface area (Å²) in [5.74, 6) is -0.523. The van der Waals surface area contributed by atoms with Gasteiger partial charge in [-0.25, -0.2) is 13.8 Å². The number of fused-ring (bicyclic) bond motifs is 2. The van der Waals surface area contributed by atoms with E-state index in [2.05, 4.69) is 5.09 Å². The van der Waals surface area contributed by atoms with Crippen molar-refractivity contribution in [2.75, 3.05) is 6.61 Å². The lowest BCUT2D eigenvalue weighted by Crippen LogP contribution is -2.46. The highest BCUT2D eigenvalue weighted by molar-refractivity contribution is 7.52. The molecular formula is C27H31FN3O9P. The standard InChI is InChI=1S/C27H31FN3O9P/c1-16(2)38-22(33)17(3)30-41(36,40-20-11-7-9-18-8-5-6-10-19(18)20)37-15-26-14-27(26,35)25(4,28)23(39-26)31-13-12-21(32)29-24(31)34/h5-13,16-17,23,35H,14-15H2,1-4H3,(H,30,36)(H,29,32,34)/t17-,23+,25-,26+,27-,41?/m0/s1. The summed E-state index contributed by atoms with van der Waals surface area (Å²) in [5, 5.41) is 15.2. The van der Waals surface area contributed by atoms with Crippen molar-refractivity contribution in [2.45, 2.75) is 69.4 Å². The highest BCUT2D eigenvalue weighted by atomic mass is 31.2. The van der Waals surface area contributed by atoms with Gasteiger partial charge in [-0.15, -0.1) is 0 Å². The summed E-state index contributed by atoms with van der Waals surface area (Å²) >= 11 is 0. The Morgan fingerprint density at radius 1 is 1.22 bits per heavy atom. The van der Waals surface area contributed by atoms with Crippen LogP contribution in [0.15, 0.2) is 64.3 Å². The van der Waals surface area contributed by atoms with E-state index in [0.717, 1.165) is 29.1 Å². The summed E-state index contributed by atoms with van der Waals surface area (Å²) in [5.41, 5.74) is -7.95. The van der Waals surface area contributed by atoms with E-state index < -0.39 is 66.8 Å². The molecule has 14 heteroatoms. The van der Waals surface area contributed by atoms with E-state index in [1.165, 1.54) is 6.92 Å². The number of hydrogen-bond acceptors (Lipinski definition) is 9. The van der Waals surface area contributed by atoms with Crippen LogP contribution in [0.5, 0.6) is 5.75 Å². The minimum absolute atomic E-state index is 0.187. The first-order chi connectivity index (χ1) is 19.2. The molecule has 1 saturated heterocycles. The third-order valence-corrected chi connectivity index (χ3v) is 8.99. The number of esters is 1. The maximum Gasteiger partial charge on any atom is 0.459 e. The molecule has 1 saturated carbocycles. The number of hydrogen-bond donors (Lipinski definition) is 3. The molecule has 0 bridgehead atoms. The lowest BCUT2D eigenvalue weighted by Gasteiger charge is -2.28. The molecule has 41 heavy (non-hydrogen) atoms. The van der Waals surface area contributed by atoms with Crippen molar-refractivity contribution in [3.8, 4) is 5.75 Å². The number of nitrogens with zero attached hydrogens (tertiary/aromatic N) is 1. The fraction of sp³-hybridized carbons (Fsp3) is 0.444. The second kappa shape index (κ2) is 10.2. The van der Waals surface area contributed by atoms with Gasteiger partial charge in [-0.1, -0.05) is 36.4 Å². The number of carbonyl (C=O) groups is 1. The molecule has 2 aliphatic rings. The van der Waals surface area contributed by atoms with E-state index >= 15 is 4.39 Å². The van der Waals surface area contributed by atoms with E-state index in [1.807, 2.05) is 23.2 Å². The van der Waals surface area contributed by atoms with Gasteiger partial charge in [-0.2, -0.15) is 5.09 Å². The van der Waals surface area contributed by atoms with Gasteiger partial charge in [0, 0.05) is 24.1 Å². The Bertz CT molecular complexity index is 1650. The smallest absolute Gasteiger partial charge is 0.459 e. The molecule has 220 valence electrons. The van der Waals surface area contributed by atoms with Crippen molar-refractivity contribution in [1.29, 1.82) is 0 Å². The van der Waals surface area contributed by atoms with E-state index in [-0.39, 0.29) is 12.2 Å². The number of aliphatic hydroxyl groups is 1. The van der Waals surface area contributed by atoms with Crippen molar-refractivity contribution >= 4 is 24.5 Å². The summed E-state index contributed by atoms with van der Waals surface area (Å²) in [6.45, 7) is 5.19. The number of benzene rings is 2. The van der Waals surface area contributed by atoms with E-state index in [9.17, 15) is 24.1 Å². The third kappa shape index (κ3) is 5.13. The number of aromatic amines is 1. The molecule has 1 aliphatic heterocycles. The van der Waals surface area contributed by atoms with Crippen molar-refractivity contribution in [3.63, 3.8) is 0 Å². The number of ether oxygens (including phenoxy) is 2. The van der Waals surface area contributed by atoms with Gasteiger partial charge in [-0.05, 0) is 39.1 Å². The van der Waals surface area contributed by atoms with Crippen LogP contribution < -0.4 is 20.9 Å². The Labute approximate surface area is 234 Å². The maximum atomic E-state index is 16.0. The SMILES string of the molecule is CC(C)OC(=O)[C@H](C)NP(=O)(OC[C@]12C[C@]1(O)[C@@](C)(F)[C@H](n1ccc(=O)[nH]c1=O)O2)Oc1cccc2ccccc12. The molecule has 1 unspecified atom stereocenters. The molecule has 3 N–H and O–H groups in total. The maximum absolute atomic E-state index is 16.0. The van der Waals surface area contributed by atoms with Crippen LogP contribution in [0, 0.1) is 0 Å². The minimum Gasteiger partial charge on any atom is -0.462 e. The Kier molecular flexibility index (Phi) is 7.24. The van der Waals surface area contributed by atoms with Crippen LogP contribution in [-0.4, -0.2) is 56.3 Å². The highest BCUT2D eigenvalue weighted by Crippen LogP contribution is 2.69. The Balaban J connectivity index is 1.44. The zero-order chi connectivity index (χ0) is 29.8. The van der Waals surface area contributed by atoms with Crippen LogP contribution in [0.4, 0.5) is 4.39 Å². The van der Waals surface area contributed by atoms with Crippen LogP contribution in [0.3, 0.4) is 0 Å². The van der Waals surface area contributed by atoms with Gasteiger partial charge in [0.25, 0.3) is 5.56 Å². The lowest BCUT2D eigenvalue weighted by molar-refractivity contribution is -0.149. The summed E-state index contributed by atoms with van der Waals surface area (Å²) in [7, 11) is -4.43. The largest absolute Gasteiger partial charge is 0.462 e. The lowest BCUT2D eigenvalue weighted by atomic mass is 9.96. The molecule has 2 heterocycles. The second-order valence-electron chi connectivity index (χ2n) is 10.8. The number of H-pyrrole nitrogens is 1. The number of aromatic nitrogens is 2. The normalized spacial score (nSPS) is 29.1. The van der Waals surface area contributed by atoms with Gasteiger partial charge in [-0.3, -0.25) is 23.7 Å². The predicted octanol–water partition coefficient (Wildman–Crippen LogP) is 2.95. The monoisotopic (exact) mass is 591 g/mol. The summed E-state index contributed by atoms with van der Waals surface area (Å²) in [6, 6.07) is 12.2. The molecule has 0 radical (unpaired) electrons. The molecule has 0 spiro atoms. The molecule has 1 aromatic heterocycles. The average molecular weight is 592 g/mol. The molecule has 2 fully saturated rings. The predicted molar refractivity (Wildman–Crippen MR) is 145 cm³/mol. The first kappa shape index (κ1) is 29.2. The fourth-order valence-electron chi connectivity index (χ4n) is 5.10. The van der Waals surface area contributed by atoms with Crippen LogP contribution in [-0.2, 0) is 23.4 Å². The zero-order valence-electron chi connectivity index (χ0n) is 22.8. The van der Waals surface area contributed by atoms with Gasteiger partial charge in [0.15, 0.2) is 11.9 Å². The Morgan fingerprint density at radius 3 is 2.63 bits per heavy atom. The van der Waals surface area contributed by atoms with Crippen molar-refractivity contribution in [3.05, 3.63) is 75.6 Å². The van der Waals surface area contributed by atoms with Gasteiger partial charge in [0.05, 0.1) is 12.7 Å². The number of alkyl halides is 1. The number of rotatable bonds is 10. The second-order valence-corrected chi connectivity index (χ2v) is 12.5. The van der Waals surface area contributed by atoms with Gasteiger partial charge >= 0.3 is 19.4 Å². The van der Waals surface area contributed by atoms with Crippen LogP contribution >= 0.6 is 7.75 Å². The minimum atomic E-state index is -4.43. The molecule has 6 atom stereocenters. The first-order valence-electron chi connectivity index (χ1n) is 13.0. The molecule has 3 aromatic rings. The number of carbonyl (C=O) groups excluding carboxylic acids is 1. The summed E-state index contributed by atoms with van der Waals surface area (Å²) in [4.78, 5) is 38.4. The van der Waals surface area contributed by atoms with Crippen molar-refractivity contribution in [2.24, 2.45) is 0 Å². The molecular weight excluding hydrogens is 560 g/mol. The summed E-state index contributed by atoms with van der Waals surface area (Å²) < 4.78 is 53.7. The quantitative estimate of drug-likeness (QED) is 0.236. The zero-order valence-corrected chi connectivity index (χ0v) is 23.7. The molecule has 12 nitrogen and oxygen atoms in total. The van der Waals surface area contributed by atoms with Crippen LogP contribution in [0.25, 0.3) is 10.8 Å². The Hall–Kier alpha value is -3.35. The highest BCUT2D eigenvalue weighted by Gasteiger charge is 2.85. The van der Waals surface area contributed by atoms with Crippen molar-refractivity contribution < 1.29 is 37.4 Å². The average Bonchev–Trinajstić information content (AvgIpc) is 3.47. The molecule has 2 aromatic carbocycles. The van der Waals surface area contributed by atoms with Crippen molar-refractivity contribution in [1.82, 2.24) is 14.6 Å². The third-order valence-electron chi connectivity index (χ3n) is 7.38. The first-order valence-corrected chi connectivity index (χ1v) is 14.6. The van der Waals surface area contributed by atoms with Gasteiger partial charge < -0.3 is 19.1 Å². The topological polar surface area (TPSA) is 158 Å². The van der Waals surface area contributed by atoms with E-state index in [0.29, 0.717) is 5.39 Å². The van der Waals surface area contributed by atoms with Crippen LogP contribution in [0.1, 0.15) is 40.3 Å². The Morgan fingerprint density at radius 2 is 1.93 bits per heavy atom. The molecule has 5 rings (SSSR count). The number of nitrogens with one attached hydrogen (secondary N) is 2. The fourth-order valence-corrected chi connectivity index (χ4v) is 6.65.